The Bertz CT molecular complexity index is 964. The lowest BCUT2D eigenvalue weighted by Crippen LogP contribution is -2.42. The summed E-state index contributed by atoms with van der Waals surface area (Å²) in [6, 6.07) is 5.00. The molecule has 1 aromatic carbocycles. The number of nitro groups is 1. The number of carbonyl (C=O) groups is 2. The van der Waals surface area contributed by atoms with E-state index in [1.807, 2.05) is 0 Å². The molecule has 9 nitrogen and oxygen atoms in total. The van der Waals surface area contributed by atoms with Crippen LogP contribution in [0.2, 0.25) is 0 Å². The van der Waals surface area contributed by atoms with Gasteiger partial charge in [-0.15, -0.1) is 0 Å². The standard InChI is InChI=1S/C21H22BrN3O6/c22-17(15-5-4-6-16(26)19(15)27)18(21(29)24-11-2-1-3-12-24)23-20(28)13-7-9-14(10-8-13)25(30)31/h4-10,16,19,26-27H,1-3,11-12H2,(H,23,28)/b18-17-. The van der Waals surface area contributed by atoms with Crippen molar-refractivity contribution in [1.82, 2.24) is 10.2 Å². The first-order chi connectivity index (χ1) is 14.8. The topological polar surface area (TPSA) is 133 Å². The number of hydrogen-bond acceptors (Lipinski definition) is 6. The van der Waals surface area contributed by atoms with Crippen molar-refractivity contribution in [2.75, 3.05) is 13.1 Å². The Kier molecular flexibility index (Phi) is 7.37. The molecule has 2 amide bonds. The number of amides is 2. The molecule has 10 heteroatoms. The molecule has 1 saturated heterocycles. The molecule has 2 unspecified atom stereocenters. The van der Waals surface area contributed by atoms with Crippen LogP contribution in [0.25, 0.3) is 0 Å². The van der Waals surface area contributed by atoms with E-state index in [2.05, 4.69) is 21.2 Å². The summed E-state index contributed by atoms with van der Waals surface area (Å²) < 4.78 is 0.161. The monoisotopic (exact) mass is 491 g/mol. The summed E-state index contributed by atoms with van der Waals surface area (Å²) >= 11 is 3.33. The van der Waals surface area contributed by atoms with Crippen LogP contribution in [0.3, 0.4) is 0 Å². The highest BCUT2D eigenvalue weighted by atomic mass is 79.9. The first-order valence-electron chi connectivity index (χ1n) is 9.79. The number of nitro benzene ring substituents is 1. The third-order valence-corrected chi connectivity index (χ3v) is 5.99. The fourth-order valence-corrected chi connectivity index (χ4v) is 4.02. The Balaban J connectivity index is 1.94. The van der Waals surface area contributed by atoms with Gasteiger partial charge in [0, 0.05) is 30.8 Å². The Morgan fingerprint density at radius 2 is 1.77 bits per heavy atom. The van der Waals surface area contributed by atoms with Crippen LogP contribution in [0, 0.1) is 10.1 Å². The fraction of sp³-hybridized carbons (Fsp3) is 0.333. The van der Waals surface area contributed by atoms with E-state index >= 15 is 0 Å². The molecule has 0 radical (unpaired) electrons. The van der Waals surface area contributed by atoms with Crippen molar-refractivity contribution in [1.29, 1.82) is 0 Å². The molecule has 1 heterocycles. The number of aliphatic hydroxyl groups is 2. The van der Waals surface area contributed by atoms with E-state index in [9.17, 15) is 29.9 Å². The van der Waals surface area contributed by atoms with Crippen molar-refractivity contribution in [3.05, 3.63) is 73.9 Å². The van der Waals surface area contributed by atoms with Gasteiger partial charge in [0.15, 0.2) is 0 Å². The smallest absolute Gasteiger partial charge is 0.271 e. The molecule has 1 aromatic rings. The molecule has 1 aliphatic carbocycles. The SMILES string of the molecule is O=C(N/C(C(=O)N1CCCCC1)=C(\Br)C1=CC=CC(O)C1O)c1ccc([N+](=O)[O-])cc1. The van der Waals surface area contributed by atoms with Gasteiger partial charge in [-0.2, -0.15) is 0 Å². The number of benzene rings is 1. The first-order valence-corrected chi connectivity index (χ1v) is 10.6. The molecular formula is C21H22BrN3O6. The predicted molar refractivity (Wildman–Crippen MR) is 116 cm³/mol. The molecule has 2 atom stereocenters. The van der Waals surface area contributed by atoms with Crippen LogP contribution >= 0.6 is 15.9 Å². The largest absolute Gasteiger partial charge is 0.386 e. The minimum absolute atomic E-state index is 0.0712. The van der Waals surface area contributed by atoms with Gasteiger partial charge in [0.05, 0.1) is 9.41 Å². The molecule has 3 N–H and O–H groups in total. The number of nitrogens with zero attached hydrogens (tertiary/aromatic N) is 2. The summed E-state index contributed by atoms with van der Waals surface area (Å²) in [6.07, 6.45) is 4.79. The number of carbonyl (C=O) groups excluding carboxylic acids is 2. The van der Waals surface area contributed by atoms with E-state index in [0.717, 1.165) is 19.3 Å². The molecule has 1 aliphatic heterocycles. The number of aliphatic hydroxyl groups excluding tert-OH is 2. The molecule has 164 valence electrons. The summed E-state index contributed by atoms with van der Waals surface area (Å²) in [5, 5.41) is 33.7. The van der Waals surface area contributed by atoms with Crippen molar-refractivity contribution in [2.24, 2.45) is 0 Å². The fourth-order valence-electron chi connectivity index (χ4n) is 3.39. The van der Waals surface area contributed by atoms with Crippen LogP contribution in [0.1, 0.15) is 29.6 Å². The lowest BCUT2D eigenvalue weighted by molar-refractivity contribution is -0.384. The predicted octanol–water partition coefficient (Wildman–Crippen LogP) is 2.16. The van der Waals surface area contributed by atoms with E-state index in [1.165, 1.54) is 30.3 Å². The average Bonchev–Trinajstić information content (AvgIpc) is 2.79. The third-order valence-electron chi connectivity index (χ3n) is 5.14. The normalized spacial score (nSPS) is 21.8. The summed E-state index contributed by atoms with van der Waals surface area (Å²) in [5.74, 6) is -1.05. The van der Waals surface area contributed by atoms with E-state index in [1.54, 1.807) is 17.1 Å². The Labute approximate surface area is 187 Å². The Morgan fingerprint density at radius 1 is 1.13 bits per heavy atom. The zero-order valence-electron chi connectivity index (χ0n) is 16.5. The minimum Gasteiger partial charge on any atom is -0.386 e. The summed E-state index contributed by atoms with van der Waals surface area (Å²) in [5.41, 5.74) is 0.152. The zero-order chi connectivity index (χ0) is 22.5. The third kappa shape index (κ3) is 5.27. The average molecular weight is 492 g/mol. The van der Waals surface area contributed by atoms with Gasteiger partial charge in [0.25, 0.3) is 17.5 Å². The van der Waals surface area contributed by atoms with Crippen LogP contribution in [-0.4, -0.2) is 57.1 Å². The van der Waals surface area contributed by atoms with E-state index < -0.39 is 28.9 Å². The first kappa shape index (κ1) is 22.9. The molecule has 0 spiro atoms. The van der Waals surface area contributed by atoms with Crippen molar-refractivity contribution in [3.63, 3.8) is 0 Å². The number of nitrogens with one attached hydrogen (secondary N) is 1. The molecule has 31 heavy (non-hydrogen) atoms. The van der Waals surface area contributed by atoms with Gasteiger partial charge in [-0.1, -0.05) is 18.2 Å². The van der Waals surface area contributed by atoms with Crippen molar-refractivity contribution in [3.8, 4) is 0 Å². The van der Waals surface area contributed by atoms with Gasteiger partial charge in [0.2, 0.25) is 0 Å². The molecule has 0 bridgehead atoms. The molecule has 1 fully saturated rings. The Hall–Kier alpha value is -2.82. The lowest BCUT2D eigenvalue weighted by atomic mass is 9.97. The van der Waals surface area contributed by atoms with Gasteiger partial charge in [-0.05, 0) is 52.9 Å². The number of halogens is 1. The van der Waals surface area contributed by atoms with Crippen LogP contribution < -0.4 is 5.32 Å². The second-order valence-electron chi connectivity index (χ2n) is 7.24. The maximum Gasteiger partial charge on any atom is 0.271 e. The van der Waals surface area contributed by atoms with Crippen LogP contribution in [-0.2, 0) is 4.79 Å². The number of hydrogen-bond donors (Lipinski definition) is 3. The summed E-state index contributed by atoms with van der Waals surface area (Å²) in [7, 11) is 0. The highest BCUT2D eigenvalue weighted by Gasteiger charge is 2.30. The maximum atomic E-state index is 13.2. The molecule has 0 aromatic heterocycles. The van der Waals surface area contributed by atoms with Crippen molar-refractivity contribution >= 4 is 33.4 Å². The molecule has 3 rings (SSSR count). The number of rotatable bonds is 5. The van der Waals surface area contributed by atoms with Gasteiger partial charge >= 0.3 is 0 Å². The number of non-ortho nitro benzene ring substituents is 1. The van der Waals surface area contributed by atoms with Gasteiger partial charge in [-0.3, -0.25) is 19.7 Å². The van der Waals surface area contributed by atoms with E-state index in [0.29, 0.717) is 13.1 Å². The van der Waals surface area contributed by atoms with Gasteiger partial charge in [0.1, 0.15) is 17.9 Å². The summed E-state index contributed by atoms with van der Waals surface area (Å²) in [6.45, 7) is 1.08. The minimum atomic E-state index is -1.28. The van der Waals surface area contributed by atoms with E-state index in [4.69, 9.17) is 0 Å². The van der Waals surface area contributed by atoms with Crippen LogP contribution in [0.5, 0.6) is 0 Å². The highest BCUT2D eigenvalue weighted by molar-refractivity contribution is 9.12. The zero-order valence-corrected chi connectivity index (χ0v) is 18.1. The van der Waals surface area contributed by atoms with Gasteiger partial charge < -0.3 is 20.4 Å². The molecular weight excluding hydrogens is 470 g/mol. The number of allylic oxidation sites excluding steroid dienone is 2. The second-order valence-corrected chi connectivity index (χ2v) is 8.04. The number of piperidine rings is 1. The number of likely N-dealkylation sites (tertiary alicyclic amines) is 1. The maximum absolute atomic E-state index is 13.2. The quantitative estimate of drug-likeness (QED) is 0.328. The lowest BCUT2D eigenvalue weighted by Gasteiger charge is -2.29. The van der Waals surface area contributed by atoms with Crippen LogP contribution in [0.15, 0.2) is 58.2 Å². The molecule has 0 saturated carbocycles. The van der Waals surface area contributed by atoms with Crippen LogP contribution in [0.4, 0.5) is 5.69 Å². The second kappa shape index (κ2) is 9.99. The van der Waals surface area contributed by atoms with E-state index in [-0.39, 0.29) is 27.0 Å². The Morgan fingerprint density at radius 3 is 2.39 bits per heavy atom. The van der Waals surface area contributed by atoms with Gasteiger partial charge in [-0.25, -0.2) is 0 Å². The molecule has 2 aliphatic rings. The van der Waals surface area contributed by atoms with Crippen molar-refractivity contribution in [2.45, 2.75) is 31.5 Å². The highest BCUT2D eigenvalue weighted by Crippen LogP contribution is 2.29. The summed E-state index contributed by atoms with van der Waals surface area (Å²) in [4.78, 5) is 37.9. The van der Waals surface area contributed by atoms with Crippen molar-refractivity contribution < 1.29 is 24.7 Å².